The van der Waals surface area contributed by atoms with E-state index in [1.165, 1.54) is 0 Å². The van der Waals surface area contributed by atoms with Crippen molar-refractivity contribution in [3.8, 4) is 0 Å². The number of rotatable bonds is 2. The maximum absolute atomic E-state index is 11.2. The van der Waals surface area contributed by atoms with Crippen LogP contribution in [0.3, 0.4) is 0 Å². The molecule has 1 fully saturated rings. The molecule has 1 saturated heterocycles. The van der Waals surface area contributed by atoms with Gasteiger partial charge in [-0.15, -0.1) is 0 Å². The first-order valence-corrected chi connectivity index (χ1v) is 7.67. The van der Waals surface area contributed by atoms with Gasteiger partial charge in [-0.3, -0.25) is 4.21 Å². The van der Waals surface area contributed by atoms with Gasteiger partial charge in [0.05, 0.1) is 4.47 Å². The van der Waals surface area contributed by atoms with Gasteiger partial charge in [-0.05, 0) is 47.3 Å². The highest BCUT2D eigenvalue weighted by Gasteiger charge is 2.18. The maximum Gasteiger partial charge on any atom is 0.140 e. The molecule has 0 bridgehead atoms. The molecular formula is C11H15BrN2OS. The summed E-state index contributed by atoms with van der Waals surface area (Å²) in [6, 6.07) is 2.46. The van der Waals surface area contributed by atoms with Gasteiger partial charge < -0.3 is 5.32 Å². The Bertz CT molecular complexity index is 401. The summed E-state index contributed by atoms with van der Waals surface area (Å²) in [5.41, 5.74) is 1.14. The molecule has 1 aliphatic rings. The molecule has 0 aliphatic carbocycles. The van der Waals surface area contributed by atoms with Crippen LogP contribution in [0.4, 0.5) is 5.82 Å². The Morgan fingerprint density at radius 1 is 1.50 bits per heavy atom. The predicted molar refractivity (Wildman–Crippen MR) is 71.2 cm³/mol. The van der Waals surface area contributed by atoms with E-state index in [-0.39, 0.29) is 0 Å². The summed E-state index contributed by atoms with van der Waals surface area (Å²) in [5.74, 6) is 2.51. The van der Waals surface area contributed by atoms with E-state index < -0.39 is 10.8 Å². The number of hydrogen-bond donors (Lipinski definition) is 1. The second kappa shape index (κ2) is 5.27. The lowest BCUT2D eigenvalue weighted by Crippen LogP contribution is -2.29. The van der Waals surface area contributed by atoms with Gasteiger partial charge in [0.2, 0.25) is 0 Å². The van der Waals surface area contributed by atoms with Crippen molar-refractivity contribution >= 4 is 32.5 Å². The minimum atomic E-state index is -0.600. The lowest BCUT2D eigenvalue weighted by molar-refractivity contribution is 0.622. The van der Waals surface area contributed by atoms with Crippen LogP contribution in [-0.2, 0) is 10.8 Å². The van der Waals surface area contributed by atoms with Gasteiger partial charge >= 0.3 is 0 Å². The number of pyridine rings is 1. The van der Waals surface area contributed by atoms with Crippen LogP contribution >= 0.6 is 15.9 Å². The third-order valence-corrected chi connectivity index (χ3v) is 4.69. The standard InChI is InChI=1S/C11H15BrN2OS/c1-8-6-10(12)11(13-7-8)14-9-2-4-16(15)5-3-9/h6-7,9H,2-5H2,1H3,(H,13,14). The molecule has 2 rings (SSSR count). The molecule has 1 aliphatic heterocycles. The van der Waals surface area contributed by atoms with Crippen molar-refractivity contribution in [2.45, 2.75) is 25.8 Å². The van der Waals surface area contributed by atoms with E-state index in [9.17, 15) is 4.21 Å². The van der Waals surface area contributed by atoms with Gasteiger partial charge in [0.1, 0.15) is 5.82 Å². The van der Waals surface area contributed by atoms with Gasteiger partial charge in [-0.25, -0.2) is 4.98 Å². The molecule has 0 radical (unpaired) electrons. The lowest BCUT2D eigenvalue weighted by Gasteiger charge is -2.23. The van der Waals surface area contributed by atoms with E-state index in [2.05, 4.69) is 32.3 Å². The molecule has 0 saturated carbocycles. The van der Waals surface area contributed by atoms with Crippen molar-refractivity contribution in [1.29, 1.82) is 0 Å². The fourth-order valence-electron chi connectivity index (χ4n) is 1.77. The average Bonchev–Trinajstić information content (AvgIpc) is 2.25. The van der Waals surface area contributed by atoms with Crippen LogP contribution in [0, 0.1) is 6.92 Å². The van der Waals surface area contributed by atoms with Crippen LogP contribution in [0.15, 0.2) is 16.7 Å². The molecule has 1 aromatic heterocycles. The third kappa shape index (κ3) is 3.04. The second-order valence-corrected chi connectivity index (χ2v) is 6.66. The van der Waals surface area contributed by atoms with Crippen molar-refractivity contribution in [3.05, 3.63) is 22.3 Å². The topological polar surface area (TPSA) is 42.0 Å². The molecule has 1 aromatic rings. The number of nitrogens with zero attached hydrogens (tertiary/aromatic N) is 1. The van der Waals surface area contributed by atoms with Crippen molar-refractivity contribution in [2.75, 3.05) is 16.8 Å². The van der Waals surface area contributed by atoms with Gasteiger partial charge in [0, 0.05) is 34.5 Å². The van der Waals surface area contributed by atoms with Crippen molar-refractivity contribution in [3.63, 3.8) is 0 Å². The summed E-state index contributed by atoms with van der Waals surface area (Å²) >= 11 is 3.50. The average molecular weight is 303 g/mol. The van der Waals surface area contributed by atoms with E-state index in [1.54, 1.807) is 0 Å². The van der Waals surface area contributed by atoms with E-state index >= 15 is 0 Å². The predicted octanol–water partition coefficient (Wildman–Crippen LogP) is 2.48. The van der Waals surface area contributed by atoms with E-state index in [0.717, 1.165) is 40.2 Å². The molecule has 1 N–H and O–H groups in total. The molecule has 0 atom stereocenters. The first-order chi connectivity index (χ1) is 7.65. The lowest BCUT2D eigenvalue weighted by atomic mass is 10.1. The quantitative estimate of drug-likeness (QED) is 0.912. The number of anilines is 1. The first kappa shape index (κ1) is 12.0. The van der Waals surface area contributed by atoms with Crippen LogP contribution in [0.25, 0.3) is 0 Å². The van der Waals surface area contributed by atoms with Crippen LogP contribution in [0.1, 0.15) is 18.4 Å². The molecule has 16 heavy (non-hydrogen) atoms. The smallest absolute Gasteiger partial charge is 0.140 e. The number of aromatic nitrogens is 1. The molecule has 0 aromatic carbocycles. The van der Waals surface area contributed by atoms with E-state index in [1.807, 2.05) is 13.1 Å². The molecule has 2 heterocycles. The molecule has 3 nitrogen and oxygen atoms in total. The molecule has 0 spiro atoms. The largest absolute Gasteiger partial charge is 0.366 e. The van der Waals surface area contributed by atoms with E-state index in [4.69, 9.17) is 0 Å². The number of nitrogens with one attached hydrogen (secondary N) is 1. The van der Waals surface area contributed by atoms with Crippen molar-refractivity contribution in [1.82, 2.24) is 4.98 Å². The van der Waals surface area contributed by atoms with Crippen LogP contribution in [0.5, 0.6) is 0 Å². The molecule has 5 heteroatoms. The summed E-state index contributed by atoms with van der Waals surface area (Å²) < 4.78 is 12.2. The normalized spacial score (nSPS) is 25.4. The number of hydrogen-bond acceptors (Lipinski definition) is 3. The van der Waals surface area contributed by atoms with Crippen LogP contribution in [-0.4, -0.2) is 26.7 Å². The zero-order valence-electron chi connectivity index (χ0n) is 9.20. The molecule has 88 valence electrons. The summed E-state index contributed by atoms with van der Waals surface area (Å²) in [4.78, 5) is 4.36. The Morgan fingerprint density at radius 3 is 2.81 bits per heavy atom. The minimum absolute atomic E-state index is 0.407. The fraction of sp³-hybridized carbons (Fsp3) is 0.545. The zero-order valence-corrected chi connectivity index (χ0v) is 11.6. The maximum atomic E-state index is 11.2. The van der Waals surface area contributed by atoms with Gasteiger partial charge in [-0.1, -0.05) is 0 Å². The second-order valence-electron chi connectivity index (χ2n) is 4.11. The third-order valence-electron chi connectivity index (χ3n) is 2.71. The fourth-order valence-corrected chi connectivity index (χ4v) is 3.65. The zero-order chi connectivity index (χ0) is 11.5. The van der Waals surface area contributed by atoms with Gasteiger partial charge in [-0.2, -0.15) is 0 Å². The van der Waals surface area contributed by atoms with E-state index in [0.29, 0.717) is 6.04 Å². The number of aryl methyl sites for hydroxylation is 1. The Balaban J connectivity index is 2.01. The summed E-state index contributed by atoms with van der Waals surface area (Å²) in [5, 5.41) is 3.40. The summed E-state index contributed by atoms with van der Waals surface area (Å²) in [7, 11) is -0.600. The first-order valence-electron chi connectivity index (χ1n) is 5.39. The Hall–Kier alpha value is -0.420. The van der Waals surface area contributed by atoms with Crippen molar-refractivity contribution in [2.24, 2.45) is 0 Å². The van der Waals surface area contributed by atoms with Gasteiger partial charge in [0.25, 0.3) is 0 Å². The Morgan fingerprint density at radius 2 is 2.19 bits per heavy atom. The van der Waals surface area contributed by atoms with Crippen LogP contribution < -0.4 is 5.32 Å². The molecule has 0 unspecified atom stereocenters. The van der Waals surface area contributed by atoms with Crippen LogP contribution in [0.2, 0.25) is 0 Å². The highest BCUT2D eigenvalue weighted by Crippen LogP contribution is 2.23. The summed E-state index contributed by atoms with van der Waals surface area (Å²) in [6.07, 6.45) is 3.79. The Kier molecular flexibility index (Phi) is 3.97. The van der Waals surface area contributed by atoms with Crippen molar-refractivity contribution < 1.29 is 4.21 Å². The minimum Gasteiger partial charge on any atom is -0.366 e. The monoisotopic (exact) mass is 302 g/mol. The SMILES string of the molecule is Cc1cnc(NC2CCS(=O)CC2)c(Br)c1. The summed E-state index contributed by atoms with van der Waals surface area (Å²) in [6.45, 7) is 2.02. The highest BCUT2D eigenvalue weighted by molar-refractivity contribution is 9.10. The van der Waals surface area contributed by atoms with Gasteiger partial charge in [0.15, 0.2) is 0 Å². The molecule has 0 amide bonds. The molecular weight excluding hydrogens is 288 g/mol. The highest BCUT2D eigenvalue weighted by atomic mass is 79.9. The number of halogens is 1. The Labute approximate surface area is 107 Å².